The summed E-state index contributed by atoms with van der Waals surface area (Å²) in [6.07, 6.45) is 0. The number of nitrogen functional groups attached to an aromatic ring is 1. The first kappa shape index (κ1) is 27.6. The molecule has 0 unspecified atom stereocenters. The molecule has 0 fully saturated rings. The number of hydrogen-bond acceptors (Lipinski definition) is 9. The summed E-state index contributed by atoms with van der Waals surface area (Å²) in [6.45, 7) is 0.129. The highest BCUT2D eigenvalue weighted by Crippen LogP contribution is 2.38. The van der Waals surface area contributed by atoms with Gasteiger partial charge in [0.15, 0.2) is 5.84 Å². The molecule has 1 aromatic heterocycles. The van der Waals surface area contributed by atoms with E-state index in [0.717, 1.165) is 11.3 Å². The summed E-state index contributed by atoms with van der Waals surface area (Å²) in [6, 6.07) is 37.1. The van der Waals surface area contributed by atoms with E-state index >= 15 is 0 Å². The van der Waals surface area contributed by atoms with Crippen LogP contribution in [0.5, 0.6) is 0 Å². The smallest absolute Gasteiger partial charge is 0.232 e. The van der Waals surface area contributed by atoms with Gasteiger partial charge in [-0.05, 0) is 29.8 Å². The minimum Gasteiger partial charge on any atom is -0.382 e. The Labute approximate surface area is 262 Å². The second kappa shape index (κ2) is 11.5. The van der Waals surface area contributed by atoms with Gasteiger partial charge in [0.2, 0.25) is 16.4 Å². The fraction of sp³-hybridized carbons (Fsp3) is 0.0286. The molecule has 0 spiro atoms. The number of anilines is 3. The highest BCUT2D eigenvalue weighted by atomic mass is 32.1. The Bertz CT molecular complexity index is 2150. The van der Waals surface area contributed by atoms with Gasteiger partial charge in [-0.3, -0.25) is 14.5 Å². The van der Waals surface area contributed by atoms with E-state index in [9.17, 15) is 14.9 Å². The average Bonchev–Trinajstić information content (AvgIpc) is 3.10. The van der Waals surface area contributed by atoms with E-state index in [1.54, 1.807) is 34.1 Å². The van der Waals surface area contributed by atoms with Gasteiger partial charge in [-0.2, -0.15) is 10.2 Å². The van der Waals surface area contributed by atoms with E-state index in [-0.39, 0.29) is 45.7 Å². The molecule has 2 N–H and O–H groups in total. The Morgan fingerprint density at radius 2 is 1.29 bits per heavy atom. The molecule has 9 nitrogen and oxygen atoms in total. The first-order valence-electron chi connectivity index (χ1n) is 14.0. The molecule has 0 amide bonds. The Kier molecular flexibility index (Phi) is 7.05. The van der Waals surface area contributed by atoms with Crippen molar-refractivity contribution in [3.8, 4) is 16.5 Å². The number of carbonyl (C=O) groups is 2. The Morgan fingerprint density at radius 1 is 0.733 bits per heavy atom. The van der Waals surface area contributed by atoms with E-state index < -0.39 is 0 Å². The minimum atomic E-state index is -0.299. The van der Waals surface area contributed by atoms with Crippen molar-refractivity contribution < 1.29 is 9.59 Å². The van der Waals surface area contributed by atoms with E-state index in [0.29, 0.717) is 27.5 Å². The van der Waals surface area contributed by atoms with Crippen molar-refractivity contribution in [3.05, 3.63) is 148 Å². The topological polar surface area (TPSA) is 128 Å². The second-order valence-corrected chi connectivity index (χ2v) is 11.2. The quantitative estimate of drug-likeness (QED) is 0.257. The molecule has 0 saturated heterocycles. The first-order valence-corrected chi connectivity index (χ1v) is 14.8. The van der Waals surface area contributed by atoms with Crippen LogP contribution in [0.4, 0.5) is 17.2 Å². The zero-order valence-corrected chi connectivity index (χ0v) is 24.5. The van der Waals surface area contributed by atoms with Crippen LogP contribution in [0.25, 0.3) is 10.4 Å². The number of benzene rings is 4. The number of nitriles is 1. The lowest BCUT2D eigenvalue weighted by molar-refractivity contribution is 0.0970. The molecular formula is C35H23N7O2S. The number of para-hydroxylation sites is 2. The molecule has 0 radical (unpaired) electrons. The largest absolute Gasteiger partial charge is 0.382 e. The molecule has 5 aromatic rings. The first-order chi connectivity index (χ1) is 22.0. The van der Waals surface area contributed by atoms with Crippen molar-refractivity contribution in [1.29, 1.82) is 5.26 Å². The van der Waals surface area contributed by atoms with Crippen LogP contribution in [-0.2, 0) is 0 Å². The number of allylic oxidation sites excluding steroid dienone is 2. The van der Waals surface area contributed by atoms with Gasteiger partial charge in [0.25, 0.3) is 0 Å². The summed E-state index contributed by atoms with van der Waals surface area (Å²) in [4.78, 5) is 37.1. The van der Waals surface area contributed by atoms with Gasteiger partial charge in [0, 0.05) is 22.5 Å². The summed E-state index contributed by atoms with van der Waals surface area (Å²) < 4.78 is 0. The SMILES string of the molecule is N#Cc1c(N)n/c(=N\N=C2/CN(c3ccccc3)C3=C(C(=O)c4ccccc4C3=O)N2c2ccccc2)sc1-c1ccccc1. The van der Waals surface area contributed by atoms with Crippen LogP contribution < -0.4 is 20.3 Å². The minimum absolute atomic E-state index is 0.0400. The van der Waals surface area contributed by atoms with Crippen LogP contribution in [0.2, 0.25) is 0 Å². The van der Waals surface area contributed by atoms with Gasteiger partial charge in [-0.1, -0.05) is 102 Å². The summed E-state index contributed by atoms with van der Waals surface area (Å²) in [5, 5.41) is 19.0. The van der Waals surface area contributed by atoms with Gasteiger partial charge < -0.3 is 10.6 Å². The van der Waals surface area contributed by atoms with Gasteiger partial charge in [0.1, 0.15) is 28.8 Å². The van der Waals surface area contributed by atoms with Crippen molar-refractivity contribution in [2.75, 3.05) is 22.1 Å². The van der Waals surface area contributed by atoms with Gasteiger partial charge in [-0.25, -0.2) is 0 Å². The third-order valence-electron chi connectivity index (χ3n) is 7.50. The lowest BCUT2D eigenvalue weighted by atomic mass is 9.87. The van der Waals surface area contributed by atoms with Crippen LogP contribution >= 0.6 is 11.3 Å². The monoisotopic (exact) mass is 605 g/mol. The second-order valence-electron chi connectivity index (χ2n) is 10.2. The molecule has 2 heterocycles. The van der Waals surface area contributed by atoms with Crippen LogP contribution in [0.1, 0.15) is 26.3 Å². The number of nitrogens with zero attached hydrogens (tertiary/aromatic N) is 6. The number of carbonyl (C=O) groups excluding carboxylic acids is 2. The molecule has 0 saturated carbocycles. The standard InChI is InChI=1S/C35H23N7O2S/c36-20-27-33(22-12-4-1-5-13-22)45-35(38-34(27)37)40-39-28-21-41(23-14-6-2-7-15-23)29-30(42(28)24-16-8-3-9-17-24)32(44)26-19-11-10-18-25(26)31(29)43/h1-19H,21H2,(H2,37,38,40)/b39-28+. The molecule has 1 aliphatic heterocycles. The van der Waals surface area contributed by atoms with E-state index in [4.69, 9.17) is 5.73 Å². The fourth-order valence-electron chi connectivity index (χ4n) is 5.47. The molecule has 2 aliphatic rings. The van der Waals surface area contributed by atoms with Crippen molar-refractivity contribution in [1.82, 2.24) is 4.98 Å². The van der Waals surface area contributed by atoms with E-state index in [2.05, 4.69) is 21.3 Å². The number of Topliss-reactive ketones (excluding diaryl/α,β-unsaturated/α-hetero) is 2. The van der Waals surface area contributed by atoms with Crippen LogP contribution in [0, 0.1) is 11.3 Å². The van der Waals surface area contributed by atoms with Crippen LogP contribution in [0.3, 0.4) is 0 Å². The number of nitrogens with two attached hydrogens (primary N) is 1. The molecule has 0 atom stereocenters. The molecule has 216 valence electrons. The van der Waals surface area contributed by atoms with Crippen molar-refractivity contribution in [2.45, 2.75) is 0 Å². The van der Waals surface area contributed by atoms with Gasteiger partial charge in [-0.15, -0.1) is 10.2 Å². The number of ketones is 2. The summed E-state index contributed by atoms with van der Waals surface area (Å²) >= 11 is 1.19. The Morgan fingerprint density at radius 3 is 1.91 bits per heavy atom. The summed E-state index contributed by atoms with van der Waals surface area (Å²) in [7, 11) is 0. The fourth-order valence-corrected chi connectivity index (χ4v) is 6.39. The molecule has 0 bridgehead atoms. The van der Waals surface area contributed by atoms with Crippen molar-refractivity contribution >= 4 is 45.9 Å². The Balaban J connectivity index is 1.47. The van der Waals surface area contributed by atoms with E-state index in [1.165, 1.54) is 11.3 Å². The van der Waals surface area contributed by atoms with Gasteiger partial charge in [0.05, 0.1) is 11.4 Å². The summed E-state index contributed by atoms with van der Waals surface area (Å²) in [5.41, 5.74) is 9.78. The highest BCUT2D eigenvalue weighted by molar-refractivity contribution is 7.12. The maximum Gasteiger partial charge on any atom is 0.232 e. The van der Waals surface area contributed by atoms with Crippen molar-refractivity contribution in [3.63, 3.8) is 0 Å². The molecule has 1 aliphatic carbocycles. The van der Waals surface area contributed by atoms with Crippen LogP contribution in [0.15, 0.2) is 137 Å². The molecule has 4 aromatic carbocycles. The van der Waals surface area contributed by atoms with Crippen LogP contribution in [-0.4, -0.2) is 28.9 Å². The molecule has 45 heavy (non-hydrogen) atoms. The maximum absolute atomic E-state index is 14.3. The average molecular weight is 606 g/mol. The van der Waals surface area contributed by atoms with E-state index in [1.807, 2.05) is 91.0 Å². The number of hydrogen-bond donors (Lipinski definition) is 1. The molecule has 10 heteroatoms. The number of aromatic nitrogens is 1. The maximum atomic E-state index is 14.3. The highest BCUT2D eigenvalue weighted by Gasteiger charge is 2.43. The lowest BCUT2D eigenvalue weighted by Gasteiger charge is -2.41. The predicted octanol–water partition coefficient (Wildman–Crippen LogP) is 5.80. The zero-order chi connectivity index (χ0) is 30.9. The Hall–Kier alpha value is -6.18. The number of fused-ring (bicyclic) bond motifs is 1. The molecule has 7 rings (SSSR count). The predicted molar refractivity (Wildman–Crippen MR) is 175 cm³/mol. The molecular weight excluding hydrogens is 582 g/mol. The number of rotatable bonds is 4. The lowest BCUT2D eigenvalue weighted by Crippen LogP contribution is -2.52. The summed E-state index contributed by atoms with van der Waals surface area (Å²) in [5.74, 6) is -0.120. The zero-order valence-electron chi connectivity index (χ0n) is 23.7. The number of amidine groups is 1. The van der Waals surface area contributed by atoms with Gasteiger partial charge >= 0.3 is 0 Å². The third-order valence-corrected chi connectivity index (χ3v) is 8.50. The normalized spacial score (nSPS) is 15.6. The third kappa shape index (κ3) is 4.87. The van der Waals surface area contributed by atoms with Crippen molar-refractivity contribution in [2.24, 2.45) is 10.2 Å².